The molecule has 4 aromatic rings. The first-order valence-corrected chi connectivity index (χ1v) is 14.1. The fraction of sp³-hybridized carbons (Fsp3) is 0.222. The molecule has 0 bridgehead atoms. The van der Waals surface area contributed by atoms with Crippen LogP contribution in [0.15, 0.2) is 53.9 Å². The van der Waals surface area contributed by atoms with Gasteiger partial charge in [0.1, 0.15) is 23.8 Å². The van der Waals surface area contributed by atoms with Gasteiger partial charge in [-0.3, -0.25) is 4.79 Å². The van der Waals surface area contributed by atoms with E-state index in [1.54, 1.807) is 24.3 Å². The van der Waals surface area contributed by atoms with E-state index in [-0.39, 0.29) is 28.3 Å². The highest BCUT2D eigenvalue weighted by Gasteiger charge is 2.29. The van der Waals surface area contributed by atoms with Crippen molar-refractivity contribution in [2.45, 2.75) is 31.4 Å². The number of hydrogen-bond acceptors (Lipinski definition) is 11. The van der Waals surface area contributed by atoms with Gasteiger partial charge in [0.2, 0.25) is 11.6 Å². The fourth-order valence-electron chi connectivity index (χ4n) is 4.02. The number of nitrogens with zero attached hydrogens (tertiary/aromatic N) is 6. The maximum atomic E-state index is 12.5. The average Bonchev–Trinajstić information content (AvgIpc) is 2.91. The van der Waals surface area contributed by atoms with E-state index in [1.807, 2.05) is 13.8 Å². The van der Waals surface area contributed by atoms with Gasteiger partial charge in [0, 0.05) is 42.8 Å². The van der Waals surface area contributed by atoms with Gasteiger partial charge < -0.3 is 20.1 Å². The first-order valence-electron chi connectivity index (χ1n) is 12.2. The van der Waals surface area contributed by atoms with Crippen molar-refractivity contribution in [3.8, 4) is 34.0 Å². The molecular weight excluding hydrogens is 548 g/mol. The zero-order valence-electron chi connectivity index (χ0n) is 22.5. The van der Waals surface area contributed by atoms with E-state index < -0.39 is 15.4 Å². The van der Waals surface area contributed by atoms with E-state index >= 15 is 0 Å². The summed E-state index contributed by atoms with van der Waals surface area (Å²) in [6, 6.07) is 8.01. The standard InChI is InChI=1S/C27H24N8O5S/c1-15(36)32-23-10-20(18(11-29-23)19-6-7-22-26(34-19)39-14-27(2,3)40-22)33-24-8-16(9-25(35-24)41(5,37)38)17-12-30-31-13-21(17)28-4/h6-13H,14H2,1-3,5H3,(H2,29,32,33,35,36). The van der Waals surface area contributed by atoms with Gasteiger partial charge in [-0.2, -0.15) is 10.2 Å². The van der Waals surface area contributed by atoms with E-state index in [4.69, 9.17) is 16.0 Å². The van der Waals surface area contributed by atoms with Gasteiger partial charge in [-0.25, -0.2) is 28.2 Å². The van der Waals surface area contributed by atoms with E-state index in [2.05, 4.69) is 40.6 Å². The fourth-order valence-corrected chi connectivity index (χ4v) is 4.62. The zero-order chi connectivity index (χ0) is 29.4. The minimum atomic E-state index is -3.75. The Morgan fingerprint density at radius 2 is 1.83 bits per heavy atom. The average molecular weight is 573 g/mol. The summed E-state index contributed by atoms with van der Waals surface area (Å²) in [6.45, 7) is 13.0. The van der Waals surface area contributed by atoms with E-state index in [0.717, 1.165) is 6.26 Å². The molecule has 5 rings (SSSR count). The first-order chi connectivity index (χ1) is 19.4. The number of ether oxygens (including phenoxy) is 2. The van der Waals surface area contributed by atoms with E-state index in [9.17, 15) is 13.2 Å². The number of carbonyl (C=O) groups is 1. The molecule has 14 heteroatoms. The van der Waals surface area contributed by atoms with Crippen molar-refractivity contribution >= 4 is 38.8 Å². The number of hydrogen-bond donors (Lipinski definition) is 2. The molecule has 0 radical (unpaired) electrons. The lowest BCUT2D eigenvalue weighted by Crippen LogP contribution is -2.39. The van der Waals surface area contributed by atoms with Crippen LogP contribution in [0.2, 0.25) is 0 Å². The largest absolute Gasteiger partial charge is 0.479 e. The molecule has 0 spiro atoms. The molecule has 0 atom stereocenters. The predicted octanol–water partition coefficient (Wildman–Crippen LogP) is 4.20. The van der Waals surface area contributed by atoms with Crippen molar-refractivity contribution < 1.29 is 22.7 Å². The normalized spacial score (nSPS) is 13.6. The first kappa shape index (κ1) is 27.4. The van der Waals surface area contributed by atoms with E-state index in [1.165, 1.54) is 31.6 Å². The third-order valence-electron chi connectivity index (χ3n) is 5.84. The van der Waals surface area contributed by atoms with Crippen molar-refractivity contribution in [2.24, 2.45) is 0 Å². The molecule has 0 saturated heterocycles. The molecule has 41 heavy (non-hydrogen) atoms. The summed E-state index contributed by atoms with van der Waals surface area (Å²) in [4.78, 5) is 28.4. The molecular formula is C27H24N8O5S. The summed E-state index contributed by atoms with van der Waals surface area (Å²) < 4.78 is 36.9. The number of fused-ring (bicyclic) bond motifs is 1. The number of nitrogens with one attached hydrogen (secondary N) is 2. The Kier molecular flexibility index (Phi) is 6.97. The van der Waals surface area contributed by atoms with Gasteiger partial charge >= 0.3 is 0 Å². The van der Waals surface area contributed by atoms with Crippen molar-refractivity contribution in [3.05, 3.63) is 60.3 Å². The monoisotopic (exact) mass is 572 g/mol. The Morgan fingerprint density at radius 1 is 1.05 bits per heavy atom. The highest BCUT2D eigenvalue weighted by atomic mass is 32.2. The van der Waals surface area contributed by atoms with Crippen molar-refractivity contribution in [3.63, 3.8) is 0 Å². The SMILES string of the molecule is [C-]#[N+]c1cnncc1-c1cc(Nc2cc(NC(C)=O)ncc2-c2ccc3c(n2)OCC(C)(C)O3)nc(S(C)(=O)=O)c1. The quantitative estimate of drug-likeness (QED) is 0.318. The number of sulfone groups is 1. The molecule has 5 heterocycles. The van der Waals surface area contributed by atoms with Gasteiger partial charge in [0.15, 0.2) is 20.6 Å². The van der Waals surface area contributed by atoms with Gasteiger partial charge in [-0.05, 0) is 43.7 Å². The second-order valence-corrected chi connectivity index (χ2v) is 11.8. The minimum Gasteiger partial charge on any atom is -0.479 e. The Balaban J connectivity index is 1.63. The van der Waals surface area contributed by atoms with Crippen LogP contribution >= 0.6 is 0 Å². The van der Waals surface area contributed by atoms with Crippen LogP contribution in [0.25, 0.3) is 27.2 Å². The van der Waals surface area contributed by atoms with Crippen LogP contribution in [-0.4, -0.2) is 57.9 Å². The summed E-state index contributed by atoms with van der Waals surface area (Å²) in [5.41, 5.74) is 1.86. The summed E-state index contributed by atoms with van der Waals surface area (Å²) >= 11 is 0. The van der Waals surface area contributed by atoms with Gasteiger partial charge in [0.25, 0.3) is 5.88 Å². The minimum absolute atomic E-state index is 0.149. The molecule has 0 aliphatic carbocycles. The van der Waals surface area contributed by atoms with Crippen molar-refractivity contribution in [2.75, 3.05) is 23.5 Å². The second kappa shape index (κ2) is 10.4. The van der Waals surface area contributed by atoms with Crippen LogP contribution in [0.3, 0.4) is 0 Å². The van der Waals surface area contributed by atoms with Crippen LogP contribution in [0.4, 0.5) is 23.0 Å². The predicted molar refractivity (Wildman–Crippen MR) is 150 cm³/mol. The van der Waals surface area contributed by atoms with Gasteiger partial charge in [-0.1, -0.05) is 0 Å². The number of pyridine rings is 3. The molecule has 1 aliphatic heterocycles. The lowest BCUT2D eigenvalue weighted by molar-refractivity contribution is -0.114. The van der Waals surface area contributed by atoms with Crippen LogP contribution in [0, 0.1) is 6.57 Å². The van der Waals surface area contributed by atoms with Gasteiger partial charge in [-0.15, -0.1) is 0 Å². The lowest BCUT2D eigenvalue weighted by Gasteiger charge is -2.31. The van der Waals surface area contributed by atoms with Crippen molar-refractivity contribution in [1.29, 1.82) is 0 Å². The van der Waals surface area contributed by atoms with Crippen LogP contribution < -0.4 is 20.1 Å². The third kappa shape index (κ3) is 6.04. The molecule has 208 valence electrons. The van der Waals surface area contributed by atoms with Crippen molar-refractivity contribution in [1.82, 2.24) is 25.1 Å². The molecule has 0 saturated carbocycles. The molecule has 13 nitrogen and oxygen atoms in total. The molecule has 4 aromatic heterocycles. The highest BCUT2D eigenvalue weighted by Crippen LogP contribution is 2.38. The Bertz CT molecular complexity index is 1840. The van der Waals surface area contributed by atoms with Gasteiger partial charge in [0.05, 0.1) is 24.2 Å². The maximum absolute atomic E-state index is 12.5. The number of amides is 1. The number of carbonyl (C=O) groups excluding carboxylic acids is 1. The number of aromatic nitrogens is 5. The summed E-state index contributed by atoms with van der Waals surface area (Å²) in [6.07, 6.45) is 5.23. The highest BCUT2D eigenvalue weighted by molar-refractivity contribution is 7.90. The Labute approximate surface area is 235 Å². The zero-order valence-corrected chi connectivity index (χ0v) is 23.3. The molecule has 0 fully saturated rings. The molecule has 0 aromatic carbocycles. The van der Waals surface area contributed by atoms with Crippen LogP contribution in [0.5, 0.6) is 11.6 Å². The molecule has 2 N–H and O–H groups in total. The van der Waals surface area contributed by atoms with Crippen LogP contribution in [-0.2, 0) is 14.6 Å². The molecule has 1 amide bonds. The number of rotatable bonds is 6. The van der Waals surface area contributed by atoms with E-state index in [0.29, 0.717) is 46.3 Å². The molecule has 0 unspecified atom stereocenters. The Morgan fingerprint density at radius 3 is 2.56 bits per heavy atom. The summed E-state index contributed by atoms with van der Waals surface area (Å²) in [5.74, 6) is 0.881. The molecule has 1 aliphatic rings. The second-order valence-electron chi connectivity index (χ2n) is 9.82. The van der Waals surface area contributed by atoms with Crippen LogP contribution in [0.1, 0.15) is 20.8 Å². The summed E-state index contributed by atoms with van der Waals surface area (Å²) in [7, 11) is -3.75. The number of anilines is 3. The lowest BCUT2D eigenvalue weighted by atomic mass is 10.1. The smallest absolute Gasteiger partial charge is 0.257 e. The summed E-state index contributed by atoms with van der Waals surface area (Å²) in [5, 5.41) is 13.2. The maximum Gasteiger partial charge on any atom is 0.257 e. The topological polar surface area (TPSA) is 163 Å². The Hall–Kier alpha value is -5.16. The third-order valence-corrected chi connectivity index (χ3v) is 6.81.